The summed E-state index contributed by atoms with van der Waals surface area (Å²) in [5.41, 5.74) is 1.91. The van der Waals surface area contributed by atoms with Crippen molar-refractivity contribution in [2.75, 3.05) is 23.8 Å². The van der Waals surface area contributed by atoms with Crippen LogP contribution in [0.1, 0.15) is 23.2 Å². The van der Waals surface area contributed by atoms with Crippen molar-refractivity contribution in [1.29, 1.82) is 0 Å². The number of aliphatic hydroxyl groups excluding tert-OH is 1. The maximum absolute atomic E-state index is 11.6. The Kier molecular flexibility index (Phi) is 3.30. The molecule has 0 spiro atoms. The summed E-state index contributed by atoms with van der Waals surface area (Å²) in [6.45, 7) is 0.844. The predicted octanol–water partition coefficient (Wildman–Crippen LogP) is 1.79. The Balaban J connectivity index is 1.82. The first-order chi connectivity index (χ1) is 9.45. The number of carbonyl (C=O) groups is 2. The number of benzene rings is 1. The van der Waals surface area contributed by atoms with Crippen molar-refractivity contribution in [3.63, 3.8) is 0 Å². The van der Waals surface area contributed by atoms with Gasteiger partial charge in [-0.2, -0.15) is 0 Å². The Hall–Kier alpha value is -1.40. The van der Waals surface area contributed by atoms with E-state index in [1.54, 1.807) is 6.07 Å². The Morgan fingerprint density at radius 1 is 1.40 bits per heavy atom. The zero-order valence-electron chi connectivity index (χ0n) is 11.0. The number of rotatable bonds is 3. The summed E-state index contributed by atoms with van der Waals surface area (Å²) >= 11 is 3.46. The Labute approximate surface area is 125 Å². The molecule has 6 heteroatoms. The number of Topliss-reactive ketones (excluding diaryl/α,β-unsaturated/α-hetero) is 1. The van der Waals surface area contributed by atoms with Crippen LogP contribution in [0.15, 0.2) is 16.6 Å². The van der Waals surface area contributed by atoms with Crippen LogP contribution in [0.4, 0.5) is 11.4 Å². The van der Waals surface area contributed by atoms with E-state index in [0.717, 1.165) is 29.5 Å². The fraction of sp³-hybridized carbons (Fsp3) is 0.429. The first-order valence-electron chi connectivity index (χ1n) is 6.54. The van der Waals surface area contributed by atoms with Crippen molar-refractivity contribution in [2.24, 2.45) is 5.92 Å². The molecule has 0 radical (unpaired) electrons. The van der Waals surface area contributed by atoms with E-state index in [-0.39, 0.29) is 6.10 Å². The molecule has 0 saturated heterocycles. The number of fused-ring (bicyclic) bond motifs is 1. The quantitative estimate of drug-likeness (QED) is 0.824. The summed E-state index contributed by atoms with van der Waals surface area (Å²) in [5, 5.41) is 11.9. The molecule has 5 nitrogen and oxygen atoms in total. The Bertz CT molecular complexity index is 596. The Morgan fingerprint density at radius 2 is 2.10 bits per heavy atom. The molecule has 1 heterocycles. The molecule has 20 heavy (non-hydrogen) atoms. The first kappa shape index (κ1) is 13.6. The predicted molar refractivity (Wildman–Crippen MR) is 79.1 cm³/mol. The van der Waals surface area contributed by atoms with Gasteiger partial charge < -0.3 is 15.3 Å². The van der Waals surface area contributed by atoms with Crippen LogP contribution < -0.4 is 10.2 Å². The number of carbonyl (C=O) groups excluding carboxylic acids is 2. The van der Waals surface area contributed by atoms with Crippen LogP contribution in [0, 0.1) is 5.92 Å². The van der Waals surface area contributed by atoms with E-state index in [9.17, 15) is 14.7 Å². The van der Waals surface area contributed by atoms with Gasteiger partial charge in [0.05, 0.1) is 23.0 Å². The zero-order valence-corrected chi connectivity index (χ0v) is 12.6. The van der Waals surface area contributed by atoms with Gasteiger partial charge in [-0.1, -0.05) is 0 Å². The van der Waals surface area contributed by atoms with E-state index in [0.29, 0.717) is 17.2 Å². The number of halogens is 1. The number of nitrogens with one attached hydrogen (secondary N) is 1. The smallest absolute Gasteiger partial charge is 0.296 e. The van der Waals surface area contributed by atoms with Gasteiger partial charge in [0.2, 0.25) is 0 Å². The second-order valence-corrected chi connectivity index (χ2v) is 6.36. The molecule has 2 aliphatic rings. The number of anilines is 2. The van der Waals surface area contributed by atoms with Crippen LogP contribution in [0.2, 0.25) is 0 Å². The van der Waals surface area contributed by atoms with Gasteiger partial charge in [-0.05, 0) is 46.8 Å². The monoisotopic (exact) mass is 338 g/mol. The SMILES string of the molecule is CN(CC1CC(O)C1)c1cc2c(cc1Br)C(=O)C(=O)N2. The van der Waals surface area contributed by atoms with Crippen molar-refractivity contribution in [3.8, 4) is 0 Å². The van der Waals surface area contributed by atoms with Gasteiger partial charge in [0.25, 0.3) is 11.7 Å². The molecular weight excluding hydrogens is 324 g/mol. The van der Waals surface area contributed by atoms with E-state index < -0.39 is 11.7 Å². The molecule has 1 saturated carbocycles. The van der Waals surface area contributed by atoms with Crippen molar-refractivity contribution in [2.45, 2.75) is 18.9 Å². The highest BCUT2D eigenvalue weighted by Crippen LogP contribution is 2.36. The topological polar surface area (TPSA) is 69.6 Å². The molecule has 0 bridgehead atoms. The van der Waals surface area contributed by atoms with Gasteiger partial charge in [0.1, 0.15) is 0 Å². The molecule has 0 atom stereocenters. The van der Waals surface area contributed by atoms with E-state index in [1.807, 2.05) is 13.1 Å². The normalized spacial score (nSPS) is 24.1. The molecule has 1 aromatic carbocycles. The number of nitrogens with zero attached hydrogens (tertiary/aromatic N) is 1. The third-order valence-corrected chi connectivity index (χ3v) is 4.58. The summed E-state index contributed by atoms with van der Waals surface area (Å²) in [4.78, 5) is 25.1. The molecule has 1 aromatic rings. The molecule has 0 aromatic heterocycles. The van der Waals surface area contributed by atoms with Gasteiger partial charge >= 0.3 is 0 Å². The van der Waals surface area contributed by atoms with E-state index in [4.69, 9.17) is 0 Å². The summed E-state index contributed by atoms with van der Waals surface area (Å²) in [6.07, 6.45) is 1.51. The lowest BCUT2D eigenvalue weighted by atomic mass is 9.82. The lowest BCUT2D eigenvalue weighted by molar-refractivity contribution is -0.112. The third-order valence-electron chi connectivity index (χ3n) is 3.94. The van der Waals surface area contributed by atoms with Crippen molar-refractivity contribution >= 4 is 39.0 Å². The highest BCUT2D eigenvalue weighted by atomic mass is 79.9. The standard InChI is InChI=1S/C14H15BrN2O3/c1-17(6-7-2-8(18)3-7)12-5-11-9(4-10(12)15)13(19)14(20)16-11/h4-5,7-8,18H,2-3,6H2,1H3,(H,16,19,20). The molecule has 2 N–H and O–H groups in total. The molecule has 1 amide bonds. The number of amides is 1. The average Bonchev–Trinajstić information content (AvgIpc) is 2.63. The average molecular weight is 339 g/mol. The molecule has 106 valence electrons. The summed E-state index contributed by atoms with van der Waals surface area (Å²) < 4.78 is 0.795. The lowest BCUT2D eigenvalue weighted by Gasteiger charge is -2.35. The van der Waals surface area contributed by atoms with Gasteiger partial charge in [-0.15, -0.1) is 0 Å². The van der Waals surface area contributed by atoms with Crippen LogP contribution >= 0.6 is 15.9 Å². The fourth-order valence-electron chi connectivity index (χ4n) is 2.78. The van der Waals surface area contributed by atoms with Crippen LogP contribution in [-0.2, 0) is 4.79 Å². The maximum Gasteiger partial charge on any atom is 0.296 e. The molecule has 1 fully saturated rings. The highest BCUT2D eigenvalue weighted by molar-refractivity contribution is 9.10. The summed E-state index contributed by atoms with van der Waals surface area (Å²) in [5.74, 6) is -0.572. The van der Waals surface area contributed by atoms with E-state index >= 15 is 0 Å². The zero-order chi connectivity index (χ0) is 14.4. The van der Waals surface area contributed by atoms with Gasteiger partial charge in [0, 0.05) is 18.1 Å². The number of aliphatic hydroxyl groups is 1. The highest BCUT2D eigenvalue weighted by Gasteiger charge is 2.31. The van der Waals surface area contributed by atoms with E-state index in [1.165, 1.54) is 0 Å². The summed E-state index contributed by atoms with van der Waals surface area (Å²) in [7, 11) is 1.97. The van der Waals surface area contributed by atoms with Crippen LogP contribution in [0.3, 0.4) is 0 Å². The van der Waals surface area contributed by atoms with Crippen molar-refractivity contribution in [3.05, 3.63) is 22.2 Å². The van der Waals surface area contributed by atoms with Crippen LogP contribution in [0.5, 0.6) is 0 Å². The minimum atomic E-state index is -0.575. The largest absolute Gasteiger partial charge is 0.393 e. The van der Waals surface area contributed by atoms with Gasteiger partial charge in [-0.25, -0.2) is 0 Å². The van der Waals surface area contributed by atoms with Crippen LogP contribution in [0.25, 0.3) is 0 Å². The lowest BCUT2D eigenvalue weighted by Crippen LogP contribution is -2.37. The fourth-order valence-corrected chi connectivity index (χ4v) is 3.43. The number of hydrogen-bond donors (Lipinski definition) is 2. The minimum Gasteiger partial charge on any atom is -0.393 e. The van der Waals surface area contributed by atoms with Crippen molar-refractivity contribution < 1.29 is 14.7 Å². The molecular formula is C14H15BrN2O3. The van der Waals surface area contributed by atoms with Gasteiger partial charge in [-0.3, -0.25) is 9.59 Å². The second kappa shape index (κ2) is 4.86. The van der Waals surface area contributed by atoms with E-state index in [2.05, 4.69) is 26.1 Å². The number of ketones is 1. The molecule has 3 rings (SSSR count). The summed E-state index contributed by atoms with van der Waals surface area (Å²) in [6, 6.07) is 3.51. The number of hydrogen-bond acceptors (Lipinski definition) is 4. The third kappa shape index (κ3) is 2.23. The minimum absolute atomic E-state index is 0.159. The first-order valence-corrected chi connectivity index (χ1v) is 7.33. The molecule has 0 unspecified atom stereocenters. The van der Waals surface area contributed by atoms with Crippen LogP contribution in [-0.4, -0.2) is 36.5 Å². The van der Waals surface area contributed by atoms with Crippen molar-refractivity contribution in [1.82, 2.24) is 0 Å². The second-order valence-electron chi connectivity index (χ2n) is 5.50. The van der Waals surface area contributed by atoms with Gasteiger partial charge in [0.15, 0.2) is 0 Å². The molecule has 1 aliphatic heterocycles. The maximum atomic E-state index is 11.6. The Morgan fingerprint density at radius 3 is 2.75 bits per heavy atom. The molecule has 1 aliphatic carbocycles.